The third kappa shape index (κ3) is 3.04. The van der Waals surface area contributed by atoms with Gasteiger partial charge in [-0.05, 0) is 31.5 Å². The summed E-state index contributed by atoms with van der Waals surface area (Å²) in [6, 6.07) is 14.2. The number of rotatable bonds is 5. The summed E-state index contributed by atoms with van der Waals surface area (Å²) in [6.07, 6.45) is 5.65. The number of thiazole rings is 1. The Kier molecular flexibility index (Phi) is 4.52. The molecule has 0 amide bonds. The van der Waals surface area contributed by atoms with Crippen molar-refractivity contribution in [3.05, 3.63) is 72.8 Å². The number of pyridine rings is 1. The van der Waals surface area contributed by atoms with Gasteiger partial charge in [-0.3, -0.25) is 9.08 Å². The van der Waals surface area contributed by atoms with Crippen molar-refractivity contribution in [3.63, 3.8) is 0 Å². The fourth-order valence-electron chi connectivity index (χ4n) is 3.47. The van der Waals surface area contributed by atoms with Crippen molar-refractivity contribution in [2.75, 3.05) is 0 Å². The van der Waals surface area contributed by atoms with Crippen molar-refractivity contribution in [3.8, 4) is 32.7 Å². The number of imidazole rings is 1. The number of nitrogens with zero attached hydrogens (tertiary/aromatic N) is 6. The van der Waals surface area contributed by atoms with Crippen molar-refractivity contribution in [1.29, 1.82) is 0 Å². The molecule has 5 rings (SSSR count). The molecule has 0 atom stereocenters. The summed E-state index contributed by atoms with van der Waals surface area (Å²) in [4.78, 5) is 15.3. The quantitative estimate of drug-likeness (QED) is 0.390. The van der Waals surface area contributed by atoms with Crippen LogP contribution in [0, 0.1) is 6.92 Å². The van der Waals surface area contributed by atoms with Gasteiger partial charge in [0.1, 0.15) is 27.6 Å². The van der Waals surface area contributed by atoms with Gasteiger partial charge >= 0.3 is 0 Å². The summed E-state index contributed by atoms with van der Waals surface area (Å²) < 4.78 is 3.92. The normalized spacial score (nSPS) is 11.3. The van der Waals surface area contributed by atoms with E-state index in [4.69, 9.17) is 9.97 Å². The molecule has 0 spiro atoms. The highest BCUT2D eigenvalue weighted by Gasteiger charge is 2.22. The molecule has 0 aliphatic heterocycles. The molecule has 0 N–H and O–H groups in total. The highest BCUT2D eigenvalue weighted by Crippen LogP contribution is 2.40. The zero-order valence-electron chi connectivity index (χ0n) is 16.8. The summed E-state index contributed by atoms with van der Waals surface area (Å²) >= 11 is 1.60. The molecule has 0 saturated carbocycles. The minimum absolute atomic E-state index is 0.692. The highest BCUT2D eigenvalue weighted by molar-refractivity contribution is 7.18. The molecule has 4 heterocycles. The Morgan fingerprint density at radius 3 is 2.67 bits per heavy atom. The summed E-state index contributed by atoms with van der Waals surface area (Å²) in [6.45, 7) is 8.73. The maximum atomic E-state index is 5.04. The van der Waals surface area contributed by atoms with Crippen molar-refractivity contribution < 1.29 is 0 Å². The number of benzene rings is 1. The number of aryl methyl sites for hydroxylation is 2. The summed E-state index contributed by atoms with van der Waals surface area (Å²) in [5, 5.41) is 5.52. The molecule has 0 saturated heterocycles. The third-order valence-corrected chi connectivity index (χ3v) is 6.05. The summed E-state index contributed by atoms with van der Waals surface area (Å²) in [7, 11) is 0. The molecule has 0 fully saturated rings. The molecule has 0 unspecified atom stereocenters. The van der Waals surface area contributed by atoms with E-state index in [0.717, 1.165) is 50.3 Å². The molecule has 0 aliphatic rings. The van der Waals surface area contributed by atoms with Crippen LogP contribution < -0.4 is 0 Å². The molecule has 4 aromatic heterocycles. The van der Waals surface area contributed by atoms with Crippen molar-refractivity contribution in [1.82, 2.24) is 29.1 Å². The van der Waals surface area contributed by atoms with Crippen molar-refractivity contribution >= 4 is 23.1 Å². The molecule has 0 radical (unpaired) electrons. The molecular formula is C23H20N6S. The average Bonchev–Trinajstić information content (AvgIpc) is 3.49. The van der Waals surface area contributed by atoms with Gasteiger partial charge in [-0.15, -0.1) is 16.4 Å². The Labute approximate surface area is 178 Å². The van der Waals surface area contributed by atoms with E-state index in [1.54, 1.807) is 17.7 Å². The fourth-order valence-corrected chi connectivity index (χ4v) is 4.59. The molecule has 148 valence electrons. The van der Waals surface area contributed by atoms with Crippen LogP contribution in [0.25, 0.3) is 44.4 Å². The predicted octanol–water partition coefficient (Wildman–Crippen LogP) is 5.35. The van der Waals surface area contributed by atoms with Gasteiger partial charge in [-0.25, -0.2) is 15.0 Å². The lowest BCUT2D eigenvalue weighted by Gasteiger charge is -2.01. The molecular weight excluding hydrogens is 392 g/mol. The molecule has 1 aromatic carbocycles. The van der Waals surface area contributed by atoms with E-state index in [1.807, 2.05) is 61.1 Å². The minimum atomic E-state index is 0.692. The average molecular weight is 413 g/mol. The number of hydrogen-bond acceptors (Lipinski definition) is 5. The summed E-state index contributed by atoms with van der Waals surface area (Å²) in [5.74, 6) is 0.692. The van der Waals surface area contributed by atoms with E-state index in [1.165, 1.54) is 0 Å². The lowest BCUT2D eigenvalue weighted by molar-refractivity contribution is 0.660. The number of aromatic nitrogens is 6. The maximum absolute atomic E-state index is 5.04. The van der Waals surface area contributed by atoms with Crippen LogP contribution in [0.1, 0.15) is 18.2 Å². The first kappa shape index (κ1) is 18.4. The second-order valence-electron chi connectivity index (χ2n) is 6.93. The Balaban J connectivity index is 1.75. The van der Waals surface area contributed by atoms with Gasteiger partial charge < -0.3 is 0 Å². The molecule has 30 heavy (non-hydrogen) atoms. The Morgan fingerprint density at radius 1 is 1.10 bits per heavy atom. The lowest BCUT2D eigenvalue weighted by Crippen LogP contribution is -1.93. The van der Waals surface area contributed by atoms with Crippen LogP contribution in [0.3, 0.4) is 0 Å². The Hall–Kier alpha value is -3.58. The minimum Gasteiger partial charge on any atom is -0.297 e. The van der Waals surface area contributed by atoms with Gasteiger partial charge in [0.15, 0.2) is 5.82 Å². The fraction of sp³-hybridized carbons (Fsp3) is 0.130. The van der Waals surface area contributed by atoms with Gasteiger partial charge in [0.25, 0.3) is 0 Å². The smallest absolute Gasteiger partial charge is 0.193 e. The van der Waals surface area contributed by atoms with Crippen LogP contribution in [-0.4, -0.2) is 29.1 Å². The zero-order chi connectivity index (χ0) is 20.7. The van der Waals surface area contributed by atoms with Crippen LogP contribution >= 0.6 is 11.3 Å². The van der Waals surface area contributed by atoms with Crippen LogP contribution in [-0.2, 0) is 6.54 Å². The van der Waals surface area contributed by atoms with E-state index in [0.29, 0.717) is 5.82 Å². The van der Waals surface area contributed by atoms with Crippen LogP contribution in [0.15, 0.2) is 61.6 Å². The number of hydrogen-bond donors (Lipinski definition) is 0. The predicted molar refractivity (Wildman–Crippen MR) is 121 cm³/mol. The van der Waals surface area contributed by atoms with E-state index in [-0.39, 0.29) is 0 Å². The van der Waals surface area contributed by atoms with Gasteiger partial charge in [-0.2, -0.15) is 0 Å². The van der Waals surface area contributed by atoms with Gasteiger partial charge in [0.2, 0.25) is 0 Å². The second-order valence-corrected chi connectivity index (χ2v) is 7.93. The van der Waals surface area contributed by atoms with E-state index in [2.05, 4.69) is 33.2 Å². The first-order chi connectivity index (χ1) is 14.7. The van der Waals surface area contributed by atoms with Crippen molar-refractivity contribution in [2.24, 2.45) is 0 Å². The van der Waals surface area contributed by atoms with Gasteiger partial charge in [0, 0.05) is 18.3 Å². The monoisotopic (exact) mass is 412 g/mol. The molecule has 0 aliphatic carbocycles. The van der Waals surface area contributed by atoms with Gasteiger partial charge in [-0.1, -0.05) is 43.0 Å². The largest absolute Gasteiger partial charge is 0.297 e. The molecule has 5 aromatic rings. The first-order valence-electron chi connectivity index (χ1n) is 9.75. The van der Waals surface area contributed by atoms with E-state index >= 15 is 0 Å². The van der Waals surface area contributed by atoms with Crippen molar-refractivity contribution in [2.45, 2.75) is 20.4 Å². The van der Waals surface area contributed by atoms with Crippen LogP contribution in [0.4, 0.5) is 0 Å². The standard InChI is InChI=1S/C23H20N6S/c1-4-16-11-12-18-25-15(3)20(29(18)13-16)23-26-19(17-9-7-6-8-10-17)21(30-23)22-24-14-28(5-2)27-22/h4,6-14H,1,5H2,2-3H3. The van der Waals surface area contributed by atoms with E-state index < -0.39 is 0 Å². The van der Waals surface area contributed by atoms with Gasteiger partial charge in [0.05, 0.1) is 11.4 Å². The number of fused-ring (bicyclic) bond motifs is 1. The Bertz CT molecular complexity index is 1360. The first-order valence-corrected chi connectivity index (χ1v) is 10.6. The second kappa shape index (κ2) is 7.35. The molecule has 0 bridgehead atoms. The maximum Gasteiger partial charge on any atom is 0.193 e. The van der Waals surface area contributed by atoms with Crippen LogP contribution in [0.5, 0.6) is 0 Å². The lowest BCUT2D eigenvalue weighted by atomic mass is 10.1. The third-order valence-electron chi connectivity index (χ3n) is 4.99. The molecule has 7 heteroatoms. The topological polar surface area (TPSA) is 60.9 Å². The summed E-state index contributed by atoms with van der Waals surface area (Å²) in [5.41, 5.74) is 5.77. The molecule has 6 nitrogen and oxygen atoms in total. The van der Waals surface area contributed by atoms with E-state index in [9.17, 15) is 0 Å². The zero-order valence-corrected chi connectivity index (χ0v) is 17.6. The Morgan fingerprint density at radius 2 is 1.93 bits per heavy atom. The SMILES string of the molecule is C=Cc1ccc2nc(C)c(-c3nc(-c4ccccc4)c(-c4ncn(CC)n4)s3)n2c1. The highest BCUT2D eigenvalue weighted by atomic mass is 32.1. The van der Waals surface area contributed by atoms with Crippen LogP contribution in [0.2, 0.25) is 0 Å².